The number of benzene rings is 1. The van der Waals surface area contributed by atoms with Gasteiger partial charge >= 0.3 is 5.97 Å². The van der Waals surface area contributed by atoms with Crippen molar-refractivity contribution in [2.24, 2.45) is 0 Å². The maximum absolute atomic E-state index is 10.8. The molecule has 0 heterocycles. The van der Waals surface area contributed by atoms with E-state index in [4.69, 9.17) is 9.84 Å². The van der Waals surface area contributed by atoms with Crippen LogP contribution >= 0.6 is 0 Å². The molecule has 1 aliphatic rings. The van der Waals surface area contributed by atoms with Gasteiger partial charge in [0.1, 0.15) is 5.75 Å². The predicted octanol–water partition coefficient (Wildman–Crippen LogP) is 2.20. The molecular formula is C13H16O3. The molecule has 1 aromatic carbocycles. The third-order valence-electron chi connectivity index (χ3n) is 3.15. The first-order chi connectivity index (χ1) is 7.72. The molecule has 0 aromatic heterocycles. The van der Waals surface area contributed by atoms with Gasteiger partial charge in [0.05, 0.1) is 13.5 Å². The van der Waals surface area contributed by atoms with Crippen molar-refractivity contribution in [3.63, 3.8) is 0 Å². The lowest BCUT2D eigenvalue weighted by atomic mass is 9.86. The number of carboxylic acids is 1. The van der Waals surface area contributed by atoms with E-state index < -0.39 is 5.97 Å². The Bertz CT molecular complexity index is 410. The molecule has 0 bridgehead atoms. The summed E-state index contributed by atoms with van der Waals surface area (Å²) < 4.78 is 5.33. The molecule has 0 spiro atoms. The molecule has 3 heteroatoms. The lowest BCUT2D eigenvalue weighted by Crippen LogP contribution is -2.11. The average molecular weight is 220 g/mol. The van der Waals surface area contributed by atoms with Gasteiger partial charge in [-0.1, -0.05) is 6.07 Å². The maximum Gasteiger partial charge on any atom is 0.307 e. The van der Waals surface area contributed by atoms with Crippen LogP contribution in [0, 0.1) is 0 Å². The molecular weight excluding hydrogens is 204 g/mol. The summed E-state index contributed by atoms with van der Waals surface area (Å²) in [5.74, 6) is 0.141. The minimum atomic E-state index is -0.766. The highest BCUT2D eigenvalue weighted by molar-refractivity contribution is 5.71. The van der Waals surface area contributed by atoms with Crippen molar-refractivity contribution < 1.29 is 14.6 Å². The predicted molar refractivity (Wildman–Crippen MR) is 61.0 cm³/mol. The Morgan fingerprint density at radius 1 is 1.31 bits per heavy atom. The Morgan fingerprint density at radius 3 is 2.62 bits per heavy atom. The van der Waals surface area contributed by atoms with Gasteiger partial charge in [-0.25, -0.2) is 0 Å². The second-order valence-electron chi connectivity index (χ2n) is 4.16. The summed E-state index contributed by atoms with van der Waals surface area (Å²) in [6, 6.07) is 3.78. The quantitative estimate of drug-likeness (QED) is 0.849. The molecule has 0 saturated carbocycles. The normalized spacial score (nSPS) is 14.3. The van der Waals surface area contributed by atoms with Crippen molar-refractivity contribution in [2.45, 2.75) is 32.1 Å². The van der Waals surface area contributed by atoms with Crippen LogP contribution in [0.4, 0.5) is 0 Å². The number of hydrogen-bond donors (Lipinski definition) is 1. The van der Waals surface area contributed by atoms with E-state index in [2.05, 4.69) is 0 Å². The van der Waals surface area contributed by atoms with E-state index in [0.29, 0.717) is 0 Å². The molecule has 3 nitrogen and oxygen atoms in total. The molecule has 0 radical (unpaired) electrons. The van der Waals surface area contributed by atoms with Crippen molar-refractivity contribution in [3.05, 3.63) is 28.8 Å². The van der Waals surface area contributed by atoms with Crippen LogP contribution < -0.4 is 4.74 Å². The fourth-order valence-corrected chi connectivity index (χ4v) is 2.43. The first kappa shape index (κ1) is 11.0. The minimum absolute atomic E-state index is 0.117. The molecule has 0 fully saturated rings. The third kappa shape index (κ3) is 2.03. The lowest BCUT2D eigenvalue weighted by Gasteiger charge is -2.21. The first-order valence-electron chi connectivity index (χ1n) is 5.62. The zero-order chi connectivity index (χ0) is 11.5. The molecule has 0 aliphatic heterocycles. The number of fused-ring (bicyclic) bond motifs is 1. The summed E-state index contributed by atoms with van der Waals surface area (Å²) in [5.41, 5.74) is 3.36. The van der Waals surface area contributed by atoms with E-state index in [0.717, 1.165) is 30.6 Å². The highest BCUT2D eigenvalue weighted by atomic mass is 16.5. The number of hydrogen-bond acceptors (Lipinski definition) is 2. The van der Waals surface area contributed by atoms with Gasteiger partial charge in [0.2, 0.25) is 0 Å². The Kier molecular flexibility index (Phi) is 3.13. The van der Waals surface area contributed by atoms with E-state index in [-0.39, 0.29) is 6.42 Å². The van der Waals surface area contributed by atoms with Crippen LogP contribution in [0.2, 0.25) is 0 Å². The molecule has 0 amide bonds. The van der Waals surface area contributed by atoms with Gasteiger partial charge in [-0.3, -0.25) is 4.79 Å². The van der Waals surface area contributed by atoms with E-state index in [1.165, 1.54) is 17.5 Å². The van der Waals surface area contributed by atoms with Crippen molar-refractivity contribution in [1.29, 1.82) is 0 Å². The van der Waals surface area contributed by atoms with Gasteiger partial charge in [-0.2, -0.15) is 0 Å². The van der Waals surface area contributed by atoms with Crippen LogP contribution in [0.3, 0.4) is 0 Å². The minimum Gasteiger partial charge on any atom is -0.496 e. The van der Waals surface area contributed by atoms with Crippen molar-refractivity contribution >= 4 is 5.97 Å². The fraction of sp³-hybridized carbons (Fsp3) is 0.462. The molecule has 0 atom stereocenters. The van der Waals surface area contributed by atoms with Crippen LogP contribution in [-0.4, -0.2) is 18.2 Å². The molecule has 1 aromatic rings. The standard InChI is InChI=1S/C13H16O3/c1-16-12-7-6-9(8-13(14)15)10-4-2-3-5-11(10)12/h6-7H,2-5,8H2,1H3,(H,14,15). The Morgan fingerprint density at radius 2 is 2.00 bits per heavy atom. The summed E-state index contributed by atoms with van der Waals surface area (Å²) in [6.45, 7) is 0. The number of methoxy groups -OCH3 is 1. The van der Waals surface area contributed by atoms with E-state index in [1.807, 2.05) is 12.1 Å². The van der Waals surface area contributed by atoms with Crippen LogP contribution in [-0.2, 0) is 24.1 Å². The van der Waals surface area contributed by atoms with E-state index in [1.54, 1.807) is 7.11 Å². The van der Waals surface area contributed by atoms with Crippen LogP contribution in [0.15, 0.2) is 12.1 Å². The van der Waals surface area contributed by atoms with Gasteiger partial charge in [0, 0.05) is 0 Å². The topological polar surface area (TPSA) is 46.5 Å². The largest absolute Gasteiger partial charge is 0.496 e. The summed E-state index contributed by atoms with van der Waals surface area (Å²) in [5, 5.41) is 8.86. The zero-order valence-corrected chi connectivity index (χ0v) is 9.45. The maximum atomic E-state index is 10.8. The van der Waals surface area contributed by atoms with Gasteiger partial charge in [0.15, 0.2) is 0 Å². The summed E-state index contributed by atoms with van der Waals surface area (Å²) in [7, 11) is 1.67. The SMILES string of the molecule is COc1ccc(CC(=O)O)c2c1CCCC2. The summed E-state index contributed by atoms with van der Waals surface area (Å²) in [4.78, 5) is 10.8. The lowest BCUT2D eigenvalue weighted by molar-refractivity contribution is -0.136. The van der Waals surface area contributed by atoms with Crippen LogP contribution in [0.5, 0.6) is 5.75 Å². The van der Waals surface area contributed by atoms with E-state index >= 15 is 0 Å². The smallest absolute Gasteiger partial charge is 0.307 e. The molecule has 2 rings (SSSR count). The average Bonchev–Trinajstić information content (AvgIpc) is 2.29. The number of aliphatic carboxylic acids is 1. The Labute approximate surface area is 95.0 Å². The number of ether oxygens (including phenoxy) is 1. The van der Waals surface area contributed by atoms with Gasteiger partial charge < -0.3 is 9.84 Å². The summed E-state index contributed by atoms with van der Waals surface area (Å²) >= 11 is 0. The van der Waals surface area contributed by atoms with Crippen molar-refractivity contribution in [2.75, 3.05) is 7.11 Å². The van der Waals surface area contributed by atoms with E-state index in [9.17, 15) is 4.79 Å². The first-order valence-corrected chi connectivity index (χ1v) is 5.62. The number of carbonyl (C=O) groups is 1. The third-order valence-corrected chi connectivity index (χ3v) is 3.15. The van der Waals surface area contributed by atoms with Crippen LogP contribution in [0.25, 0.3) is 0 Å². The van der Waals surface area contributed by atoms with Gasteiger partial charge in [0.25, 0.3) is 0 Å². The second kappa shape index (κ2) is 4.56. The van der Waals surface area contributed by atoms with Crippen LogP contribution in [0.1, 0.15) is 29.5 Å². The number of rotatable bonds is 3. The number of carboxylic acid groups (broad SMARTS) is 1. The van der Waals surface area contributed by atoms with Gasteiger partial charge in [-0.15, -0.1) is 0 Å². The highest BCUT2D eigenvalue weighted by Crippen LogP contribution is 2.32. The monoisotopic (exact) mass is 220 g/mol. The highest BCUT2D eigenvalue weighted by Gasteiger charge is 2.18. The fourth-order valence-electron chi connectivity index (χ4n) is 2.43. The molecule has 1 N–H and O–H groups in total. The summed E-state index contributed by atoms with van der Waals surface area (Å²) in [6.07, 6.45) is 4.42. The van der Waals surface area contributed by atoms with Gasteiger partial charge in [-0.05, 0) is 48.4 Å². The molecule has 16 heavy (non-hydrogen) atoms. The Hall–Kier alpha value is -1.51. The van der Waals surface area contributed by atoms with Crippen molar-refractivity contribution in [1.82, 2.24) is 0 Å². The zero-order valence-electron chi connectivity index (χ0n) is 9.45. The molecule has 0 unspecified atom stereocenters. The molecule has 1 aliphatic carbocycles. The van der Waals surface area contributed by atoms with Crippen molar-refractivity contribution in [3.8, 4) is 5.75 Å². The molecule has 0 saturated heterocycles. The molecule has 86 valence electrons. The Balaban J connectivity index is 2.43. The second-order valence-corrected chi connectivity index (χ2v) is 4.16.